The fourth-order valence-corrected chi connectivity index (χ4v) is 3.23. The monoisotopic (exact) mass is 277 g/mol. The van der Waals surface area contributed by atoms with Crippen molar-refractivity contribution in [3.63, 3.8) is 0 Å². The average Bonchev–Trinajstić information content (AvgIpc) is 2.89. The van der Waals surface area contributed by atoms with Crippen LogP contribution in [0.3, 0.4) is 0 Å². The molecule has 2 atom stereocenters. The molecule has 2 unspecified atom stereocenters. The third-order valence-electron chi connectivity index (χ3n) is 4.26. The molecule has 5 nitrogen and oxygen atoms in total. The molecule has 0 aromatic carbocycles. The number of nitrogens with two attached hydrogens (primary N) is 1. The van der Waals surface area contributed by atoms with Crippen LogP contribution in [0.4, 0.5) is 0 Å². The molecule has 0 saturated carbocycles. The summed E-state index contributed by atoms with van der Waals surface area (Å²) in [7, 11) is 0. The van der Waals surface area contributed by atoms with Crippen molar-refractivity contribution in [1.82, 2.24) is 9.88 Å². The molecular formula is C15H23N3O2. The van der Waals surface area contributed by atoms with Gasteiger partial charge in [-0.25, -0.2) is 0 Å². The fourth-order valence-electron chi connectivity index (χ4n) is 3.23. The van der Waals surface area contributed by atoms with Crippen molar-refractivity contribution in [2.45, 2.75) is 40.2 Å². The van der Waals surface area contributed by atoms with Gasteiger partial charge in [0, 0.05) is 23.8 Å². The maximum absolute atomic E-state index is 12.7. The molecule has 0 spiro atoms. The SMILES string of the molecule is CC(=O)c1c(C)[nH]c(C(=O)N2CC(CN)CC2C)c1C. The van der Waals surface area contributed by atoms with Gasteiger partial charge in [0.05, 0.1) is 0 Å². The number of amides is 1. The summed E-state index contributed by atoms with van der Waals surface area (Å²) in [4.78, 5) is 29.3. The summed E-state index contributed by atoms with van der Waals surface area (Å²) in [6.07, 6.45) is 0.945. The van der Waals surface area contributed by atoms with E-state index < -0.39 is 0 Å². The molecule has 3 N–H and O–H groups in total. The van der Waals surface area contributed by atoms with Crippen LogP contribution in [0.5, 0.6) is 0 Å². The van der Waals surface area contributed by atoms with Crippen molar-refractivity contribution in [3.8, 4) is 0 Å². The second-order valence-corrected chi connectivity index (χ2v) is 5.83. The van der Waals surface area contributed by atoms with E-state index in [2.05, 4.69) is 4.98 Å². The number of likely N-dealkylation sites (tertiary alicyclic amines) is 1. The van der Waals surface area contributed by atoms with Crippen LogP contribution in [0.2, 0.25) is 0 Å². The standard InChI is InChI=1S/C15H23N3O2/c1-8-5-12(6-16)7-18(8)15(20)14-9(2)13(11(4)19)10(3)17-14/h8,12,17H,5-7,16H2,1-4H3. The summed E-state index contributed by atoms with van der Waals surface area (Å²) in [5.74, 6) is 0.337. The van der Waals surface area contributed by atoms with Gasteiger partial charge in [-0.3, -0.25) is 9.59 Å². The van der Waals surface area contributed by atoms with Gasteiger partial charge in [-0.15, -0.1) is 0 Å². The highest BCUT2D eigenvalue weighted by Gasteiger charge is 2.34. The van der Waals surface area contributed by atoms with Crippen molar-refractivity contribution in [2.24, 2.45) is 11.7 Å². The average molecular weight is 277 g/mol. The highest BCUT2D eigenvalue weighted by atomic mass is 16.2. The summed E-state index contributed by atoms with van der Waals surface area (Å²) >= 11 is 0. The van der Waals surface area contributed by atoms with Crippen LogP contribution >= 0.6 is 0 Å². The summed E-state index contributed by atoms with van der Waals surface area (Å²) < 4.78 is 0. The van der Waals surface area contributed by atoms with E-state index in [1.54, 1.807) is 0 Å². The van der Waals surface area contributed by atoms with E-state index >= 15 is 0 Å². The van der Waals surface area contributed by atoms with Gasteiger partial charge in [-0.2, -0.15) is 0 Å². The molecule has 1 aliphatic heterocycles. The highest BCUT2D eigenvalue weighted by Crippen LogP contribution is 2.26. The molecular weight excluding hydrogens is 254 g/mol. The number of carbonyl (C=O) groups is 2. The Morgan fingerprint density at radius 2 is 2.05 bits per heavy atom. The Labute approximate surface area is 119 Å². The van der Waals surface area contributed by atoms with E-state index in [1.165, 1.54) is 6.92 Å². The second kappa shape index (κ2) is 5.40. The first-order chi connectivity index (χ1) is 9.36. The summed E-state index contributed by atoms with van der Waals surface area (Å²) in [5.41, 5.74) is 8.40. The van der Waals surface area contributed by atoms with Crippen molar-refractivity contribution in [2.75, 3.05) is 13.1 Å². The van der Waals surface area contributed by atoms with Gasteiger partial charge in [0.1, 0.15) is 5.69 Å². The largest absolute Gasteiger partial charge is 0.354 e. The first-order valence-electron chi connectivity index (χ1n) is 7.07. The topological polar surface area (TPSA) is 79.2 Å². The molecule has 20 heavy (non-hydrogen) atoms. The van der Waals surface area contributed by atoms with Crippen LogP contribution < -0.4 is 5.73 Å². The molecule has 1 aromatic rings. The Bertz CT molecular complexity index is 548. The van der Waals surface area contributed by atoms with Crippen molar-refractivity contribution < 1.29 is 9.59 Å². The summed E-state index contributed by atoms with van der Waals surface area (Å²) in [6, 6.07) is 0.194. The molecule has 2 rings (SSSR count). The van der Waals surface area contributed by atoms with E-state index in [9.17, 15) is 9.59 Å². The lowest BCUT2D eigenvalue weighted by atomic mass is 10.1. The Morgan fingerprint density at radius 1 is 1.40 bits per heavy atom. The second-order valence-electron chi connectivity index (χ2n) is 5.83. The van der Waals surface area contributed by atoms with E-state index in [0.717, 1.165) is 17.7 Å². The Kier molecular flexibility index (Phi) is 3.99. The van der Waals surface area contributed by atoms with E-state index in [1.807, 2.05) is 25.7 Å². The zero-order valence-corrected chi connectivity index (χ0v) is 12.6. The summed E-state index contributed by atoms with van der Waals surface area (Å²) in [5, 5.41) is 0. The zero-order valence-electron chi connectivity index (χ0n) is 12.6. The van der Waals surface area contributed by atoms with Gasteiger partial charge in [0.15, 0.2) is 5.78 Å². The Balaban J connectivity index is 2.31. The van der Waals surface area contributed by atoms with Crippen molar-refractivity contribution in [1.29, 1.82) is 0 Å². The number of nitrogens with one attached hydrogen (secondary N) is 1. The number of hydrogen-bond donors (Lipinski definition) is 2. The van der Waals surface area contributed by atoms with Crippen molar-refractivity contribution in [3.05, 3.63) is 22.5 Å². The van der Waals surface area contributed by atoms with Gasteiger partial charge in [0.2, 0.25) is 0 Å². The normalized spacial score (nSPS) is 22.4. The molecule has 1 amide bonds. The quantitative estimate of drug-likeness (QED) is 0.824. The number of carbonyl (C=O) groups excluding carboxylic acids is 2. The lowest BCUT2D eigenvalue weighted by Crippen LogP contribution is -2.35. The Hall–Kier alpha value is -1.62. The number of aromatic amines is 1. The predicted octanol–water partition coefficient (Wildman–Crippen LogP) is 1.64. The van der Waals surface area contributed by atoms with Gasteiger partial charge in [-0.05, 0) is 52.1 Å². The number of rotatable bonds is 3. The van der Waals surface area contributed by atoms with E-state index in [4.69, 9.17) is 5.73 Å². The number of nitrogens with zero attached hydrogens (tertiary/aromatic N) is 1. The Morgan fingerprint density at radius 3 is 2.50 bits per heavy atom. The minimum Gasteiger partial charge on any atom is -0.354 e. The third-order valence-corrected chi connectivity index (χ3v) is 4.26. The maximum atomic E-state index is 12.7. The van der Waals surface area contributed by atoms with Crippen molar-refractivity contribution >= 4 is 11.7 Å². The van der Waals surface area contributed by atoms with E-state index in [-0.39, 0.29) is 17.7 Å². The molecule has 1 aromatic heterocycles. The van der Waals surface area contributed by atoms with Crippen LogP contribution in [-0.4, -0.2) is 40.7 Å². The molecule has 1 fully saturated rings. The first kappa shape index (κ1) is 14.8. The van der Waals surface area contributed by atoms with Crippen LogP contribution in [0.1, 0.15) is 52.4 Å². The van der Waals surface area contributed by atoms with Gasteiger partial charge in [-0.1, -0.05) is 0 Å². The van der Waals surface area contributed by atoms with Crippen LogP contribution in [0.15, 0.2) is 0 Å². The molecule has 110 valence electrons. The first-order valence-corrected chi connectivity index (χ1v) is 7.07. The molecule has 0 aliphatic carbocycles. The molecule has 5 heteroatoms. The minimum absolute atomic E-state index is 0.00962. The maximum Gasteiger partial charge on any atom is 0.270 e. The summed E-state index contributed by atoms with van der Waals surface area (Å²) in [6.45, 7) is 8.54. The molecule has 0 bridgehead atoms. The number of H-pyrrole nitrogens is 1. The molecule has 1 aliphatic rings. The van der Waals surface area contributed by atoms with Crippen LogP contribution in [0, 0.1) is 19.8 Å². The molecule has 2 heterocycles. The lowest BCUT2D eigenvalue weighted by molar-refractivity contribution is 0.0737. The van der Waals surface area contributed by atoms with Gasteiger partial charge >= 0.3 is 0 Å². The minimum atomic E-state index is -0.0263. The highest BCUT2D eigenvalue weighted by molar-refractivity contribution is 6.02. The van der Waals surface area contributed by atoms with Crippen LogP contribution in [0.25, 0.3) is 0 Å². The number of ketones is 1. The smallest absolute Gasteiger partial charge is 0.270 e. The van der Waals surface area contributed by atoms with Gasteiger partial charge < -0.3 is 15.6 Å². The number of aromatic nitrogens is 1. The number of hydrogen-bond acceptors (Lipinski definition) is 3. The zero-order chi connectivity index (χ0) is 15.0. The molecule has 0 radical (unpaired) electrons. The van der Waals surface area contributed by atoms with Gasteiger partial charge in [0.25, 0.3) is 5.91 Å². The fraction of sp³-hybridized carbons (Fsp3) is 0.600. The molecule has 1 saturated heterocycles. The number of aryl methyl sites for hydroxylation is 1. The van der Waals surface area contributed by atoms with Crippen LogP contribution in [-0.2, 0) is 0 Å². The van der Waals surface area contributed by atoms with E-state index in [0.29, 0.717) is 30.3 Å². The third kappa shape index (κ3) is 2.38. The lowest BCUT2D eigenvalue weighted by Gasteiger charge is -2.21. The predicted molar refractivity (Wildman–Crippen MR) is 77.9 cm³/mol. The number of Topliss-reactive ketones (excluding diaryl/α,β-unsaturated/α-hetero) is 1.